The van der Waals surface area contributed by atoms with Crippen LogP contribution in [0, 0.1) is 10.1 Å². The van der Waals surface area contributed by atoms with Gasteiger partial charge in [-0.2, -0.15) is 0 Å². The summed E-state index contributed by atoms with van der Waals surface area (Å²) in [5.74, 6) is 1.34. The first-order chi connectivity index (χ1) is 16.9. The number of nitrogens with one attached hydrogen (secondary N) is 1. The van der Waals surface area contributed by atoms with E-state index in [2.05, 4.69) is 5.32 Å². The zero-order chi connectivity index (χ0) is 24.8. The van der Waals surface area contributed by atoms with Crippen LogP contribution in [-0.2, 0) is 6.61 Å². The number of hydrogen-bond donors (Lipinski definition) is 1. The Labute approximate surface area is 205 Å². The Hall–Kier alpha value is -4.50. The standard InChI is InChI=1S/C25H19ClN2O7/c1-32-22-7-2-3-8-23(22)35-21-13-17(12-18(14-21)28(30)31)27-25(29)24-10-9-20(34-24)15-33-19-6-4-5-16(26)11-19/h2-14H,15H2,1H3,(H,27,29). The molecule has 35 heavy (non-hydrogen) atoms. The number of rotatable bonds is 9. The van der Waals surface area contributed by atoms with Gasteiger partial charge in [0.05, 0.1) is 23.8 Å². The number of non-ortho nitro benzene ring substituents is 1. The Bertz CT molecular complexity index is 1370. The summed E-state index contributed by atoms with van der Waals surface area (Å²) >= 11 is 5.94. The van der Waals surface area contributed by atoms with Crippen molar-refractivity contribution in [3.63, 3.8) is 0 Å². The number of nitro benzene ring substituents is 1. The molecule has 0 bridgehead atoms. The van der Waals surface area contributed by atoms with E-state index >= 15 is 0 Å². The third-order valence-corrected chi connectivity index (χ3v) is 4.95. The van der Waals surface area contributed by atoms with E-state index < -0.39 is 10.8 Å². The molecule has 1 heterocycles. The summed E-state index contributed by atoms with van der Waals surface area (Å²) in [6.07, 6.45) is 0. The van der Waals surface area contributed by atoms with Crippen LogP contribution in [0.2, 0.25) is 5.02 Å². The minimum atomic E-state index is -0.595. The minimum Gasteiger partial charge on any atom is -0.493 e. The van der Waals surface area contributed by atoms with Crippen molar-refractivity contribution in [1.29, 1.82) is 0 Å². The summed E-state index contributed by atoms with van der Waals surface area (Å²) in [6.45, 7) is 0.0847. The van der Waals surface area contributed by atoms with Crippen LogP contribution in [0.3, 0.4) is 0 Å². The van der Waals surface area contributed by atoms with E-state index in [1.807, 2.05) is 0 Å². The highest BCUT2D eigenvalue weighted by atomic mass is 35.5. The van der Waals surface area contributed by atoms with E-state index in [9.17, 15) is 14.9 Å². The van der Waals surface area contributed by atoms with Gasteiger partial charge in [0.15, 0.2) is 17.3 Å². The Kier molecular flexibility index (Phi) is 7.18. The summed E-state index contributed by atoms with van der Waals surface area (Å²) in [7, 11) is 1.49. The van der Waals surface area contributed by atoms with E-state index in [0.717, 1.165) is 0 Å². The van der Waals surface area contributed by atoms with Crippen molar-refractivity contribution >= 4 is 28.9 Å². The van der Waals surface area contributed by atoms with Gasteiger partial charge in [-0.05, 0) is 42.5 Å². The normalized spacial score (nSPS) is 10.5. The molecule has 0 aliphatic rings. The number of benzene rings is 3. The van der Waals surface area contributed by atoms with Gasteiger partial charge < -0.3 is 23.9 Å². The number of hydrogen-bond acceptors (Lipinski definition) is 7. The smallest absolute Gasteiger partial charge is 0.291 e. The quantitative estimate of drug-likeness (QED) is 0.209. The van der Waals surface area contributed by atoms with Crippen molar-refractivity contribution in [2.45, 2.75) is 6.61 Å². The van der Waals surface area contributed by atoms with Crippen molar-refractivity contribution < 1.29 is 28.3 Å². The van der Waals surface area contributed by atoms with Crippen molar-refractivity contribution in [2.24, 2.45) is 0 Å². The molecule has 4 rings (SSSR count). The van der Waals surface area contributed by atoms with Gasteiger partial charge in [-0.3, -0.25) is 14.9 Å². The number of halogens is 1. The molecule has 0 fully saturated rings. The molecular weight excluding hydrogens is 476 g/mol. The summed E-state index contributed by atoms with van der Waals surface area (Å²) in [4.78, 5) is 23.5. The maximum absolute atomic E-state index is 12.7. The van der Waals surface area contributed by atoms with Crippen molar-refractivity contribution in [1.82, 2.24) is 0 Å². The number of nitrogens with zero attached hydrogens (tertiary/aromatic N) is 1. The molecule has 0 radical (unpaired) electrons. The lowest BCUT2D eigenvalue weighted by molar-refractivity contribution is -0.384. The van der Waals surface area contributed by atoms with Gasteiger partial charge >= 0.3 is 0 Å². The number of carbonyl (C=O) groups excluding carboxylic acids is 1. The Morgan fingerprint density at radius 1 is 1.00 bits per heavy atom. The second kappa shape index (κ2) is 10.6. The zero-order valence-electron chi connectivity index (χ0n) is 18.4. The zero-order valence-corrected chi connectivity index (χ0v) is 19.2. The number of para-hydroxylation sites is 2. The van der Waals surface area contributed by atoms with Gasteiger partial charge in [0.25, 0.3) is 11.6 Å². The number of methoxy groups -OCH3 is 1. The number of nitro groups is 1. The molecule has 1 aromatic heterocycles. The molecular formula is C25H19ClN2O7. The molecule has 0 unspecified atom stereocenters. The van der Waals surface area contributed by atoms with Crippen molar-refractivity contribution in [2.75, 3.05) is 12.4 Å². The van der Waals surface area contributed by atoms with Crippen LogP contribution in [0.25, 0.3) is 0 Å². The predicted molar refractivity (Wildman–Crippen MR) is 129 cm³/mol. The molecule has 0 atom stereocenters. The molecule has 0 spiro atoms. The third kappa shape index (κ3) is 6.10. The molecule has 1 amide bonds. The lowest BCUT2D eigenvalue weighted by Gasteiger charge is -2.11. The summed E-state index contributed by atoms with van der Waals surface area (Å²) in [5, 5.41) is 14.6. The molecule has 10 heteroatoms. The molecule has 0 aliphatic carbocycles. The second-order valence-electron chi connectivity index (χ2n) is 7.19. The first-order valence-electron chi connectivity index (χ1n) is 10.3. The summed E-state index contributed by atoms with van der Waals surface area (Å²) in [5.41, 5.74) is -0.107. The van der Waals surface area contributed by atoms with Gasteiger partial charge in [-0.1, -0.05) is 29.8 Å². The van der Waals surface area contributed by atoms with Crippen LogP contribution in [-0.4, -0.2) is 17.9 Å². The molecule has 4 aromatic rings. The molecule has 9 nitrogen and oxygen atoms in total. The number of ether oxygens (including phenoxy) is 3. The molecule has 1 N–H and O–H groups in total. The maximum Gasteiger partial charge on any atom is 0.291 e. The van der Waals surface area contributed by atoms with Gasteiger partial charge in [0, 0.05) is 17.2 Å². The van der Waals surface area contributed by atoms with Crippen LogP contribution >= 0.6 is 11.6 Å². The topological polar surface area (TPSA) is 113 Å². The number of furan rings is 1. The van der Waals surface area contributed by atoms with E-state index in [4.69, 9.17) is 30.2 Å². The Balaban J connectivity index is 1.48. The average molecular weight is 495 g/mol. The fourth-order valence-corrected chi connectivity index (χ4v) is 3.31. The molecule has 0 saturated heterocycles. The number of amides is 1. The lowest BCUT2D eigenvalue weighted by atomic mass is 10.2. The third-order valence-electron chi connectivity index (χ3n) is 4.72. The van der Waals surface area contributed by atoms with Crippen LogP contribution in [0.4, 0.5) is 11.4 Å². The van der Waals surface area contributed by atoms with Crippen LogP contribution < -0.4 is 19.5 Å². The highest BCUT2D eigenvalue weighted by Gasteiger charge is 2.17. The molecule has 3 aromatic carbocycles. The first kappa shape index (κ1) is 23.7. The van der Waals surface area contributed by atoms with E-state index in [0.29, 0.717) is 28.0 Å². The van der Waals surface area contributed by atoms with E-state index in [-0.39, 0.29) is 29.5 Å². The number of anilines is 1. The van der Waals surface area contributed by atoms with Crippen molar-refractivity contribution in [3.05, 3.63) is 106 Å². The highest BCUT2D eigenvalue weighted by Crippen LogP contribution is 2.34. The average Bonchev–Trinajstić information content (AvgIpc) is 3.32. The van der Waals surface area contributed by atoms with Crippen LogP contribution in [0.1, 0.15) is 16.3 Å². The highest BCUT2D eigenvalue weighted by molar-refractivity contribution is 6.30. The van der Waals surface area contributed by atoms with Gasteiger partial charge in [-0.15, -0.1) is 0 Å². The minimum absolute atomic E-state index is 0.00778. The SMILES string of the molecule is COc1ccccc1Oc1cc(NC(=O)c2ccc(COc3cccc(Cl)c3)o2)cc([N+](=O)[O-])c1. The molecule has 0 aliphatic heterocycles. The summed E-state index contributed by atoms with van der Waals surface area (Å²) in [6, 6.07) is 20.8. The predicted octanol–water partition coefficient (Wildman–Crippen LogP) is 6.47. The molecule has 178 valence electrons. The second-order valence-corrected chi connectivity index (χ2v) is 7.63. The monoisotopic (exact) mass is 494 g/mol. The Morgan fingerprint density at radius 3 is 2.54 bits per heavy atom. The van der Waals surface area contributed by atoms with Crippen LogP contribution in [0.5, 0.6) is 23.0 Å². The van der Waals surface area contributed by atoms with Gasteiger partial charge in [0.1, 0.15) is 23.9 Å². The maximum atomic E-state index is 12.7. The lowest BCUT2D eigenvalue weighted by Crippen LogP contribution is -2.11. The van der Waals surface area contributed by atoms with Crippen molar-refractivity contribution in [3.8, 4) is 23.0 Å². The van der Waals surface area contributed by atoms with Gasteiger partial charge in [0.2, 0.25) is 0 Å². The van der Waals surface area contributed by atoms with Crippen LogP contribution in [0.15, 0.2) is 83.3 Å². The van der Waals surface area contributed by atoms with E-state index in [1.165, 1.54) is 31.4 Å². The molecule has 0 saturated carbocycles. The van der Waals surface area contributed by atoms with Gasteiger partial charge in [-0.25, -0.2) is 0 Å². The fourth-order valence-electron chi connectivity index (χ4n) is 3.13. The largest absolute Gasteiger partial charge is 0.493 e. The summed E-state index contributed by atoms with van der Waals surface area (Å²) < 4.78 is 22.2. The fraction of sp³-hybridized carbons (Fsp3) is 0.0800. The Morgan fingerprint density at radius 2 is 1.80 bits per heavy atom. The number of carbonyl (C=O) groups is 1. The first-order valence-corrected chi connectivity index (χ1v) is 10.7. The van der Waals surface area contributed by atoms with E-state index in [1.54, 1.807) is 54.6 Å².